The molecule has 2 aromatic rings. The van der Waals surface area contributed by atoms with Crippen molar-refractivity contribution >= 4 is 11.6 Å². The van der Waals surface area contributed by atoms with Crippen LogP contribution in [0.15, 0.2) is 18.6 Å². The van der Waals surface area contributed by atoms with Crippen LogP contribution in [0.25, 0.3) is 5.65 Å². The zero-order chi connectivity index (χ0) is 16.8. The monoisotopic (exact) mass is 319 g/mol. The van der Waals surface area contributed by atoms with Crippen LogP contribution in [0.1, 0.15) is 43.1 Å². The summed E-state index contributed by atoms with van der Waals surface area (Å²) in [5, 5.41) is 16.5. The molecule has 0 radical (unpaired) electrons. The van der Waals surface area contributed by atoms with Gasteiger partial charge in [-0.05, 0) is 19.5 Å². The van der Waals surface area contributed by atoms with Crippen molar-refractivity contribution < 1.29 is 9.90 Å². The zero-order valence-electron chi connectivity index (χ0n) is 14.0. The molecule has 1 amide bonds. The van der Waals surface area contributed by atoms with Gasteiger partial charge in [-0.2, -0.15) is 5.10 Å². The normalized spacial score (nSPS) is 12.7. The molecule has 2 heterocycles. The van der Waals surface area contributed by atoms with E-state index in [1.807, 2.05) is 13.1 Å². The van der Waals surface area contributed by atoms with E-state index in [9.17, 15) is 9.90 Å². The minimum absolute atomic E-state index is 0.229. The van der Waals surface area contributed by atoms with Crippen LogP contribution in [0.5, 0.6) is 0 Å². The Bertz CT molecular complexity index is 651. The summed E-state index contributed by atoms with van der Waals surface area (Å²) in [7, 11) is 0. The van der Waals surface area contributed by atoms with Gasteiger partial charge in [0.1, 0.15) is 5.56 Å². The van der Waals surface area contributed by atoms with E-state index in [2.05, 4.69) is 34.1 Å². The lowest BCUT2D eigenvalue weighted by molar-refractivity contribution is 0.0915. The lowest BCUT2D eigenvalue weighted by atomic mass is 10.2. The lowest BCUT2D eigenvalue weighted by Gasteiger charge is -2.17. The molecule has 23 heavy (non-hydrogen) atoms. The van der Waals surface area contributed by atoms with Crippen LogP contribution in [0.3, 0.4) is 0 Å². The molecule has 0 aliphatic heterocycles. The molecule has 0 saturated heterocycles. The maximum Gasteiger partial charge on any atom is 0.256 e. The zero-order valence-corrected chi connectivity index (χ0v) is 14.0. The number of aliphatic hydroxyl groups is 1. The molecule has 0 aliphatic rings. The minimum atomic E-state index is -0.533. The highest BCUT2D eigenvalue weighted by Crippen LogP contribution is 2.10. The van der Waals surface area contributed by atoms with Gasteiger partial charge in [0.2, 0.25) is 0 Å². The van der Waals surface area contributed by atoms with Crippen LogP contribution in [-0.2, 0) is 6.54 Å². The van der Waals surface area contributed by atoms with Gasteiger partial charge in [-0.3, -0.25) is 9.69 Å². The van der Waals surface area contributed by atoms with Crippen LogP contribution in [0, 0.1) is 0 Å². The smallest absolute Gasteiger partial charge is 0.256 e. The third kappa shape index (κ3) is 4.27. The quantitative estimate of drug-likeness (QED) is 0.760. The number of carbonyl (C=O) groups is 1. The van der Waals surface area contributed by atoms with E-state index in [4.69, 9.17) is 0 Å². The topological polar surface area (TPSA) is 82.8 Å². The number of rotatable bonds is 8. The highest BCUT2D eigenvalue weighted by Gasteiger charge is 2.15. The Balaban J connectivity index is 2.13. The Morgan fingerprint density at radius 3 is 2.74 bits per heavy atom. The number of amides is 1. The second kappa shape index (κ2) is 8.03. The first-order valence-electron chi connectivity index (χ1n) is 8.09. The fraction of sp³-hybridized carbons (Fsp3) is 0.562. The number of carbonyl (C=O) groups excluding carboxylic acids is 1. The molecule has 0 spiro atoms. The summed E-state index contributed by atoms with van der Waals surface area (Å²) in [5.41, 5.74) is 2.00. The van der Waals surface area contributed by atoms with E-state index in [0.717, 1.165) is 25.2 Å². The van der Waals surface area contributed by atoms with Gasteiger partial charge in [-0.15, -0.1) is 0 Å². The summed E-state index contributed by atoms with van der Waals surface area (Å²) < 4.78 is 1.63. The predicted octanol–water partition coefficient (Wildman–Crippen LogP) is 1.07. The second-order valence-electron chi connectivity index (χ2n) is 5.52. The number of hydrogen-bond donors (Lipinski definition) is 2. The van der Waals surface area contributed by atoms with Crippen molar-refractivity contribution in [3.63, 3.8) is 0 Å². The van der Waals surface area contributed by atoms with Crippen LogP contribution in [0.2, 0.25) is 0 Å². The second-order valence-corrected chi connectivity index (χ2v) is 5.52. The average Bonchev–Trinajstić information content (AvgIpc) is 3.00. The van der Waals surface area contributed by atoms with Gasteiger partial charge in [0.05, 0.1) is 12.3 Å². The van der Waals surface area contributed by atoms with Crippen molar-refractivity contribution in [2.45, 2.75) is 39.8 Å². The molecule has 7 nitrogen and oxygen atoms in total. The molecule has 1 atom stereocenters. The Morgan fingerprint density at radius 2 is 2.09 bits per heavy atom. The highest BCUT2D eigenvalue weighted by atomic mass is 16.3. The summed E-state index contributed by atoms with van der Waals surface area (Å²) in [4.78, 5) is 18.8. The van der Waals surface area contributed by atoms with Gasteiger partial charge in [-0.25, -0.2) is 9.50 Å². The number of aromatic nitrogens is 3. The third-order valence-corrected chi connectivity index (χ3v) is 3.92. The number of aliphatic hydroxyl groups excluding tert-OH is 1. The molecule has 126 valence electrons. The lowest BCUT2D eigenvalue weighted by Crippen LogP contribution is -2.31. The first-order chi connectivity index (χ1) is 11.1. The predicted molar refractivity (Wildman–Crippen MR) is 88.2 cm³/mol. The summed E-state index contributed by atoms with van der Waals surface area (Å²) in [5.74, 6) is -0.267. The van der Waals surface area contributed by atoms with Crippen LogP contribution in [-0.4, -0.2) is 56.2 Å². The molecule has 0 aromatic carbocycles. The van der Waals surface area contributed by atoms with Gasteiger partial charge in [0.15, 0.2) is 5.65 Å². The SMILES string of the molecule is CC[C@@H](O)CNC(=O)c1cnn2cc(CN(CC)CC)cnc12. The van der Waals surface area contributed by atoms with Crippen LogP contribution in [0.4, 0.5) is 0 Å². The molecule has 7 heteroatoms. The molecular weight excluding hydrogens is 294 g/mol. The first-order valence-corrected chi connectivity index (χ1v) is 8.09. The Hall–Kier alpha value is -1.99. The van der Waals surface area contributed by atoms with Gasteiger partial charge < -0.3 is 10.4 Å². The molecular formula is C16H25N5O2. The summed E-state index contributed by atoms with van der Waals surface area (Å²) >= 11 is 0. The fourth-order valence-electron chi connectivity index (χ4n) is 2.31. The number of fused-ring (bicyclic) bond motifs is 1. The van der Waals surface area contributed by atoms with Crippen molar-refractivity contribution in [1.29, 1.82) is 0 Å². The van der Waals surface area contributed by atoms with E-state index in [0.29, 0.717) is 17.6 Å². The minimum Gasteiger partial charge on any atom is -0.391 e. The fourth-order valence-corrected chi connectivity index (χ4v) is 2.31. The van der Waals surface area contributed by atoms with Gasteiger partial charge in [-0.1, -0.05) is 20.8 Å². The average molecular weight is 319 g/mol. The van der Waals surface area contributed by atoms with Crippen molar-refractivity contribution in [3.8, 4) is 0 Å². The Labute approximate surface area is 136 Å². The van der Waals surface area contributed by atoms with Gasteiger partial charge >= 0.3 is 0 Å². The molecule has 0 unspecified atom stereocenters. The molecule has 2 aromatic heterocycles. The Morgan fingerprint density at radius 1 is 1.35 bits per heavy atom. The molecule has 0 fully saturated rings. The van der Waals surface area contributed by atoms with Crippen molar-refractivity contribution in [2.75, 3.05) is 19.6 Å². The van der Waals surface area contributed by atoms with Crippen LogP contribution < -0.4 is 5.32 Å². The highest BCUT2D eigenvalue weighted by molar-refractivity contribution is 5.99. The molecule has 0 saturated carbocycles. The van der Waals surface area contributed by atoms with Gasteiger partial charge in [0.25, 0.3) is 5.91 Å². The van der Waals surface area contributed by atoms with E-state index >= 15 is 0 Å². The maximum absolute atomic E-state index is 12.2. The Kier molecular flexibility index (Phi) is 6.06. The summed E-state index contributed by atoms with van der Waals surface area (Å²) in [6.07, 6.45) is 5.26. The summed E-state index contributed by atoms with van der Waals surface area (Å²) in [6.45, 7) is 9.09. The standard InChI is InChI=1S/C16H25N5O2/c1-4-13(22)8-18-16(23)14-9-19-21-11-12(7-17-15(14)21)10-20(5-2)6-3/h7,9,11,13,22H,4-6,8,10H2,1-3H3,(H,18,23)/t13-/m1/s1. The van der Waals surface area contributed by atoms with E-state index in [1.54, 1.807) is 10.7 Å². The molecule has 0 bridgehead atoms. The number of nitrogens with one attached hydrogen (secondary N) is 1. The summed E-state index contributed by atoms with van der Waals surface area (Å²) in [6, 6.07) is 0. The largest absolute Gasteiger partial charge is 0.391 e. The van der Waals surface area contributed by atoms with Crippen LogP contribution >= 0.6 is 0 Å². The van der Waals surface area contributed by atoms with Gasteiger partial charge in [0, 0.05) is 31.0 Å². The maximum atomic E-state index is 12.2. The van der Waals surface area contributed by atoms with E-state index in [-0.39, 0.29) is 12.5 Å². The third-order valence-electron chi connectivity index (χ3n) is 3.92. The molecule has 2 N–H and O–H groups in total. The first kappa shape index (κ1) is 17.4. The number of hydrogen-bond acceptors (Lipinski definition) is 5. The van der Waals surface area contributed by atoms with E-state index < -0.39 is 6.10 Å². The van der Waals surface area contributed by atoms with Crippen molar-refractivity contribution in [2.24, 2.45) is 0 Å². The number of nitrogens with zero attached hydrogens (tertiary/aromatic N) is 4. The van der Waals surface area contributed by atoms with Crippen molar-refractivity contribution in [1.82, 2.24) is 24.8 Å². The molecule has 2 rings (SSSR count). The molecule has 0 aliphatic carbocycles. The van der Waals surface area contributed by atoms with E-state index in [1.165, 1.54) is 6.20 Å². The van der Waals surface area contributed by atoms with Crippen molar-refractivity contribution in [3.05, 3.63) is 29.7 Å².